The maximum atomic E-state index is 13.8. The van der Waals surface area contributed by atoms with E-state index in [0.717, 1.165) is 22.0 Å². The Kier molecular flexibility index (Phi) is 13.8. The summed E-state index contributed by atoms with van der Waals surface area (Å²) in [6.45, 7) is 2.23. The van der Waals surface area contributed by atoms with Crippen molar-refractivity contribution >= 4 is 50.9 Å². The number of oxime groups is 1. The van der Waals surface area contributed by atoms with Gasteiger partial charge in [0.15, 0.2) is 5.84 Å². The highest BCUT2D eigenvalue weighted by Crippen LogP contribution is 2.32. The second-order valence-corrected chi connectivity index (χ2v) is 13.7. The lowest BCUT2D eigenvalue weighted by atomic mass is 10.1. The topological polar surface area (TPSA) is 149 Å². The van der Waals surface area contributed by atoms with Crippen molar-refractivity contribution in [2.75, 3.05) is 46.8 Å². The minimum absolute atomic E-state index is 0.00385. The second kappa shape index (κ2) is 17.3. The predicted molar refractivity (Wildman–Crippen MR) is 181 cm³/mol. The van der Waals surface area contributed by atoms with Gasteiger partial charge in [0, 0.05) is 30.2 Å². The number of nitrogens with two attached hydrogens (primary N) is 1. The summed E-state index contributed by atoms with van der Waals surface area (Å²) in [5, 5.41) is 14.8. The molecule has 4 N–H and O–H groups in total. The van der Waals surface area contributed by atoms with Crippen LogP contribution in [0.1, 0.15) is 28.7 Å². The van der Waals surface area contributed by atoms with Gasteiger partial charge in [-0.25, -0.2) is 8.42 Å². The van der Waals surface area contributed by atoms with E-state index in [2.05, 4.69) is 10.5 Å². The summed E-state index contributed by atoms with van der Waals surface area (Å²) in [6, 6.07) is 19.0. The number of carbonyl (C=O) groups excluding carboxylic acids is 2. The molecule has 3 aromatic carbocycles. The van der Waals surface area contributed by atoms with Gasteiger partial charge >= 0.3 is 0 Å². The zero-order valence-electron chi connectivity index (χ0n) is 26.1. The molecule has 0 fully saturated rings. The van der Waals surface area contributed by atoms with Gasteiger partial charge in [0.05, 0.1) is 18.1 Å². The molecular formula is C32H40Cl2N6O5S. The largest absolute Gasteiger partial charge is 0.409 e. The van der Waals surface area contributed by atoms with Gasteiger partial charge in [0.2, 0.25) is 21.8 Å². The van der Waals surface area contributed by atoms with Crippen LogP contribution in [0, 0.1) is 6.92 Å². The number of benzene rings is 3. The number of rotatable bonds is 16. The Morgan fingerprint density at radius 1 is 0.935 bits per heavy atom. The van der Waals surface area contributed by atoms with E-state index in [9.17, 15) is 18.0 Å². The summed E-state index contributed by atoms with van der Waals surface area (Å²) in [7, 11) is -0.337. The van der Waals surface area contributed by atoms with Gasteiger partial charge in [-0.3, -0.25) is 9.59 Å². The molecule has 0 atom stereocenters. The molecule has 0 unspecified atom stereocenters. The lowest BCUT2D eigenvalue weighted by molar-refractivity contribution is -0.133. The Bertz CT molecular complexity index is 1620. The van der Waals surface area contributed by atoms with Crippen molar-refractivity contribution in [3.05, 3.63) is 99.0 Å². The van der Waals surface area contributed by atoms with Crippen LogP contribution in [0.15, 0.2) is 76.8 Å². The third kappa shape index (κ3) is 10.4. The molecule has 3 aromatic rings. The molecule has 0 aromatic heterocycles. The SMILES string of the molecule is Cc1c(Cl)ccc(S(=O)(=O)N(CCc2ccccc2)CC(=O)NCC(=O)N(CCCN(C)C)Cc2ccc(/C(N)=N\O)cc2)c1Cl. The average molecular weight is 692 g/mol. The highest BCUT2D eigenvalue weighted by Gasteiger charge is 2.30. The maximum Gasteiger partial charge on any atom is 0.245 e. The van der Waals surface area contributed by atoms with Crippen LogP contribution in [0.25, 0.3) is 0 Å². The van der Waals surface area contributed by atoms with Crippen LogP contribution < -0.4 is 11.1 Å². The zero-order chi connectivity index (χ0) is 33.9. The van der Waals surface area contributed by atoms with E-state index in [-0.39, 0.29) is 41.3 Å². The molecule has 0 bridgehead atoms. The molecule has 0 aliphatic carbocycles. The smallest absolute Gasteiger partial charge is 0.245 e. The average Bonchev–Trinajstić information content (AvgIpc) is 3.04. The number of hydrogen-bond acceptors (Lipinski definition) is 7. The van der Waals surface area contributed by atoms with Crippen molar-refractivity contribution in [1.29, 1.82) is 0 Å². The molecule has 3 rings (SSSR count). The highest BCUT2D eigenvalue weighted by atomic mass is 35.5. The van der Waals surface area contributed by atoms with Crippen molar-refractivity contribution in [2.24, 2.45) is 10.9 Å². The number of halogens is 2. The molecule has 0 saturated heterocycles. The van der Waals surface area contributed by atoms with Crippen molar-refractivity contribution in [1.82, 2.24) is 19.4 Å². The van der Waals surface area contributed by atoms with Gasteiger partial charge in [-0.2, -0.15) is 4.31 Å². The number of sulfonamides is 1. The Hall–Kier alpha value is -3.68. The van der Waals surface area contributed by atoms with Crippen molar-refractivity contribution in [3.63, 3.8) is 0 Å². The van der Waals surface area contributed by atoms with Gasteiger partial charge in [0.1, 0.15) is 4.90 Å². The Morgan fingerprint density at radius 3 is 2.24 bits per heavy atom. The number of amides is 2. The van der Waals surface area contributed by atoms with E-state index in [1.165, 1.54) is 12.1 Å². The minimum atomic E-state index is -4.21. The summed E-state index contributed by atoms with van der Waals surface area (Å²) in [6.07, 6.45) is 1.05. The van der Waals surface area contributed by atoms with E-state index in [4.69, 9.17) is 34.1 Å². The van der Waals surface area contributed by atoms with Crippen LogP contribution in [-0.2, 0) is 32.6 Å². The van der Waals surface area contributed by atoms with Gasteiger partial charge < -0.3 is 26.1 Å². The summed E-state index contributed by atoms with van der Waals surface area (Å²) in [5.74, 6) is -0.993. The van der Waals surface area contributed by atoms with Crippen LogP contribution >= 0.6 is 23.2 Å². The van der Waals surface area contributed by atoms with E-state index in [1.54, 1.807) is 36.1 Å². The molecule has 2 amide bonds. The first-order chi connectivity index (χ1) is 21.8. The van der Waals surface area contributed by atoms with Gasteiger partial charge in [-0.1, -0.05) is 83.0 Å². The van der Waals surface area contributed by atoms with Crippen molar-refractivity contribution < 1.29 is 23.2 Å². The van der Waals surface area contributed by atoms with E-state index in [1.807, 2.05) is 49.3 Å². The molecular weight excluding hydrogens is 651 g/mol. The Labute approximate surface area is 280 Å². The Morgan fingerprint density at radius 2 is 1.61 bits per heavy atom. The van der Waals surface area contributed by atoms with Crippen LogP contribution in [0.5, 0.6) is 0 Å². The molecule has 11 nitrogen and oxygen atoms in total. The highest BCUT2D eigenvalue weighted by molar-refractivity contribution is 7.89. The predicted octanol–water partition coefficient (Wildman–Crippen LogP) is 3.73. The number of carbonyl (C=O) groups is 2. The van der Waals surface area contributed by atoms with Crippen LogP contribution in [-0.4, -0.2) is 92.2 Å². The fourth-order valence-electron chi connectivity index (χ4n) is 4.59. The molecule has 0 saturated carbocycles. The van der Waals surface area contributed by atoms with Gasteiger partial charge in [0.25, 0.3) is 0 Å². The summed E-state index contributed by atoms with van der Waals surface area (Å²) >= 11 is 12.6. The number of nitrogens with one attached hydrogen (secondary N) is 1. The van der Waals surface area contributed by atoms with Crippen molar-refractivity contribution in [3.8, 4) is 0 Å². The van der Waals surface area contributed by atoms with Crippen LogP contribution in [0.2, 0.25) is 10.0 Å². The molecule has 248 valence electrons. The van der Waals surface area contributed by atoms with E-state index in [0.29, 0.717) is 35.5 Å². The van der Waals surface area contributed by atoms with E-state index >= 15 is 0 Å². The lowest BCUT2D eigenvalue weighted by Gasteiger charge is -2.25. The Balaban J connectivity index is 1.75. The van der Waals surface area contributed by atoms with Gasteiger partial charge in [-0.05, 0) is 69.2 Å². The van der Waals surface area contributed by atoms with Gasteiger partial charge in [-0.15, -0.1) is 0 Å². The monoisotopic (exact) mass is 690 g/mol. The summed E-state index contributed by atoms with van der Waals surface area (Å²) in [5.41, 5.74) is 8.31. The molecule has 0 aliphatic heterocycles. The first-order valence-corrected chi connectivity index (χ1v) is 16.8. The van der Waals surface area contributed by atoms with Crippen LogP contribution in [0.3, 0.4) is 0 Å². The number of hydrogen-bond donors (Lipinski definition) is 3. The standard InChI is InChI=1S/C32H40Cl2N6O5S/c1-23-27(33)14-15-28(31(23)34)46(44,45)40(19-16-24-8-5-4-6-9-24)22-29(41)36-20-30(42)39(18-7-17-38(2)3)21-25-10-12-26(13-11-25)32(35)37-43/h4-6,8-15,43H,7,16-22H2,1-3H3,(H2,35,37)(H,36,41). The normalized spacial score (nSPS) is 12.0. The minimum Gasteiger partial charge on any atom is -0.409 e. The fourth-order valence-corrected chi connectivity index (χ4v) is 6.77. The fraction of sp³-hybridized carbons (Fsp3) is 0.344. The van der Waals surface area contributed by atoms with Crippen LogP contribution in [0.4, 0.5) is 0 Å². The molecule has 0 spiro atoms. The third-order valence-corrected chi connectivity index (χ3v) is 10.2. The summed E-state index contributed by atoms with van der Waals surface area (Å²) < 4.78 is 28.6. The summed E-state index contributed by atoms with van der Waals surface area (Å²) in [4.78, 5) is 30.0. The molecule has 0 heterocycles. The quantitative estimate of drug-likeness (QED) is 0.0898. The number of amidine groups is 1. The second-order valence-electron chi connectivity index (χ2n) is 11.0. The molecule has 0 aliphatic rings. The maximum absolute atomic E-state index is 13.8. The zero-order valence-corrected chi connectivity index (χ0v) is 28.4. The third-order valence-electron chi connectivity index (χ3n) is 7.27. The van der Waals surface area contributed by atoms with E-state index < -0.39 is 22.5 Å². The molecule has 14 heteroatoms. The first kappa shape index (κ1) is 36.8. The molecule has 0 radical (unpaired) electrons. The lowest BCUT2D eigenvalue weighted by Crippen LogP contribution is -2.45. The van der Waals surface area contributed by atoms with Crippen molar-refractivity contribution in [2.45, 2.75) is 31.2 Å². The first-order valence-electron chi connectivity index (χ1n) is 14.6. The number of nitrogens with zero attached hydrogens (tertiary/aromatic N) is 4. The molecule has 46 heavy (non-hydrogen) atoms.